The van der Waals surface area contributed by atoms with Crippen LogP contribution in [0, 0.1) is 0 Å². The van der Waals surface area contributed by atoms with Crippen LogP contribution in [0.3, 0.4) is 0 Å². The maximum Gasteiger partial charge on any atom is 0.146 e. The van der Waals surface area contributed by atoms with E-state index in [4.69, 9.17) is 0 Å². The zero-order valence-corrected chi connectivity index (χ0v) is 6.49. The lowest BCUT2D eigenvalue weighted by Crippen LogP contribution is -1.85. The number of allylic oxidation sites excluding steroid dienone is 5. The number of aliphatic hydroxyl groups excluding tert-OH is 1. The maximum atomic E-state index is 9.66. The Kier molecular flexibility index (Phi) is 1.59. The molecule has 1 aromatic heterocycles. The highest BCUT2D eigenvalue weighted by molar-refractivity contribution is 5.66. The second kappa shape index (κ2) is 2.74. The summed E-state index contributed by atoms with van der Waals surface area (Å²) in [6.07, 6.45) is 9.32. The highest BCUT2D eigenvalue weighted by Gasteiger charge is 2.04. The summed E-state index contributed by atoms with van der Waals surface area (Å²) in [7, 11) is 0. The van der Waals surface area contributed by atoms with E-state index in [1.54, 1.807) is 6.20 Å². The van der Waals surface area contributed by atoms with Crippen molar-refractivity contribution in [3.63, 3.8) is 0 Å². The lowest BCUT2D eigenvalue weighted by molar-refractivity contribution is 0.507. The van der Waals surface area contributed by atoms with Gasteiger partial charge in [-0.3, -0.25) is 0 Å². The van der Waals surface area contributed by atoms with Crippen LogP contribution in [0.15, 0.2) is 48.2 Å². The first-order valence-electron chi connectivity index (χ1n) is 3.79. The molecule has 0 radical (unpaired) electrons. The van der Waals surface area contributed by atoms with Crippen molar-refractivity contribution in [2.45, 2.75) is 0 Å². The highest BCUT2D eigenvalue weighted by atomic mass is 16.3. The van der Waals surface area contributed by atoms with Gasteiger partial charge in [-0.05, 0) is 12.1 Å². The summed E-state index contributed by atoms with van der Waals surface area (Å²) in [5.41, 5.74) is 1.60. The van der Waals surface area contributed by atoms with Crippen molar-refractivity contribution < 1.29 is 5.11 Å². The van der Waals surface area contributed by atoms with Crippen LogP contribution in [0.5, 0.6) is 0 Å². The molecule has 2 heteroatoms. The van der Waals surface area contributed by atoms with Crippen molar-refractivity contribution >= 4 is 5.76 Å². The van der Waals surface area contributed by atoms with E-state index in [0.29, 0.717) is 5.76 Å². The number of aliphatic hydroxyl groups is 1. The van der Waals surface area contributed by atoms with Crippen molar-refractivity contribution in [3.05, 3.63) is 53.9 Å². The smallest absolute Gasteiger partial charge is 0.146 e. The summed E-state index contributed by atoms with van der Waals surface area (Å²) in [4.78, 5) is 2.94. The molecule has 1 aromatic rings. The van der Waals surface area contributed by atoms with E-state index >= 15 is 0 Å². The van der Waals surface area contributed by atoms with Crippen LogP contribution in [0.4, 0.5) is 0 Å². The summed E-state index contributed by atoms with van der Waals surface area (Å²) in [5.74, 6) is 0.296. The monoisotopic (exact) mass is 159 g/mol. The standard InChI is InChI=1S/C10H9NO/c12-10(8-4-1-2-5-8)9-6-3-7-11-9/h1-7,11-12H. The molecule has 1 aliphatic rings. The fraction of sp³-hybridized carbons (Fsp3) is 0. The van der Waals surface area contributed by atoms with Crippen LogP contribution >= 0.6 is 0 Å². The summed E-state index contributed by atoms with van der Waals surface area (Å²) in [6.45, 7) is 0. The number of aromatic nitrogens is 1. The van der Waals surface area contributed by atoms with Gasteiger partial charge in [-0.2, -0.15) is 0 Å². The van der Waals surface area contributed by atoms with Crippen LogP contribution in [0.1, 0.15) is 5.69 Å². The maximum absolute atomic E-state index is 9.66. The summed E-state index contributed by atoms with van der Waals surface area (Å²) in [6, 6.07) is 3.69. The van der Waals surface area contributed by atoms with Gasteiger partial charge in [-0.1, -0.05) is 24.3 Å². The molecule has 60 valence electrons. The molecule has 2 nitrogen and oxygen atoms in total. The van der Waals surface area contributed by atoms with E-state index in [-0.39, 0.29) is 0 Å². The SMILES string of the molecule is OC(=C1C=CC=C1)c1ccc[nH]1. The topological polar surface area (TPSA) is 36.0 Å². The Morgan fingerprint density at radius 3 is 2.58 bits per heavy atom. The molecule has 0 atom stereocenters. The zero-order valence-electron chi connectivity index (χ0n) is 6.49. The minimum atomic E-state index is 0.296. The normalized spacial score (nSPS) is 14.2. The van der Waals surface area contributed by atoms with Crippen LogP contribution in [0.2, 0.25) is 0 Å². The first kappa shape index (κ1) is 6.98. The van der Waals surface area contributed by atoms with Crippen LogP contribution < -0.4 is 0 Å². The largest absolute Gasteiger partial charge is 0.505 e. The number of aromatic amines is 1. The molecule has 0 bridgehead atoms. The molecular weight excluding hydrogens is 150 g/mol. The van der Waals surface area contributed by atoms with Gasteiger partial charge in [0.2, 0.25) is 0 Å². The van der Waals surface area contributed by atoms with E-state index in [2.05, 4.69) is 4.98 Å². The van der Waals surface area contributed by atoms with Crippen molar-refractivity contribution in [1.29, 1.82) is 0 Å². The lowest BCUT2D eigenvalue weighted by Gasteiger charge is -1.97. The quantitative estimate of drug-likeness (QED) is 0.606. The van der Waals surface area contributed by atoms with E-state index in [0.717, 1.165) is 11.3 Å². The van der Waals surface area contributed by atoms with Crippen LogP contribution in [0.25, 0.3) is 5.76 Å². The molecule has 0 saturated carbocycles. The van der Waals surface area contributed by atoms with Gasteiger partial charge >= 0.3 is 0 Å². The number of H-pyrrole nitrogens is 1. The predicted molar refractivity (Wildman–Crippen MR) is 48.6 cm³/mol. The Balaban J connectivity index is 2.42. The van der Waals surface area contributed by atoms with E-state index < -0.39 is 0 Å². The molecule has 0 saturated heterocycles. The first-order chi connectivity index (χ1) is 5.88. The Labute approximate surface area is 70.5 Å². The summed E-state index contributed by atoms with van der Waals surface area (Å²) in [5, 5.41) is 9.66. The third-order valence-electron chi connectivity index (χ3n) is 1.79. The molecule has 0 spiro atoms. The average Bonchev–Trinajstić information content (AvgIpc) is 2.77. The van der Waals surface area contributed by atoms with Gasteiger partial charge in [0.1, 0.15) is 5.76 Å². The summed E-state index contributed by atoms with van der Waals surface area (Å²) < 4.78 is 0. The van der Waals surface area contributed by atoms with E-state index in [1.165, 1.54) is 0 Å². The van der Waals surface area contributed by atoms with Gasteiger partial charge in [0.05, 0.1) is 5.69 Å². The van der Waals surface area contributed by atoms with Crippen molar-refractivity contribution in [2.75, 3.05) is 0 Å². The second-order valence-electron chi connectivity index (χ2n) is 2.61. The molecule has 1 aliphatic carbocycles. The third-order valence-corrected chi connectivity index (χ3v) is 1.79. The Hall–Kier alpha value is -1.70. The van der Waals surface area contributed by atoms with Crippen molar-refractivity contribution in [2.24, 2.45) is 0 Å². The number of nitrogens with one attached hydrogen (secondary N) is 1. The van der Waals surface area contributed by atoms with Crippen molar-refractivity contribution in [3.8, 4) is 0 Å². The Morgan fingerprint density at radius 2 is 2.00 bits per heavy atom. The van der Waals surface area contributed by atoms with Gasteiger partial charge in [-0.15, -0.1) is 0 Å². The highest BCUT2D eigenvalue weighted by Crippen LogP contribution is 2.18. The van der Waals surface area contributed by atoms with Crippen molar-refractivity contribution in [1.82, 2.24) is 4.98 Å². The Morgan fingerprint density at radius 1 is 1.25 bits per heavy atom. The van der Waals surface area contributed by atoms with E-state index in [1.807, 2.05) is 36.4 Å². The average molecular weight is 159 g/mol. The molecule has 0 amide bonds. The van der Waals surface area contributed by atoms with Crippen LogP contribution in [-0.2, 0) is 0 Å². The lowest BCUT2D eigenvalue weighted by atomic mass is 10.2. The minimum Gasteiger partial charge on any atom is -0.505 e. The zero-order chi connectivity index (χ0) is 8.39. The molecule has 12 heavy (non-hydrogen) atoms. The van der Waals surface area contributed by atoms with Gasteiger partial charge in [0.15, 0.2) is 0 Å². The molecular formula is C10H9NO. The van der Waals surface area contributed by atoms with Crippen LogP contribution in [-0.4, -0.2) is 10.1 Å². The minimum absolute atomic E-state index is 0.296. The molecule has 0 unspecified atom stereocenters. The molecule has 0 aliphatic heterocycles. The fourth-order valence-electron chi connectivity index (χ4n) is 1.17. The van der Waals surface area contributed by atoms with Gasteiger partial charge < -0.3 is 10.1 Å². The molecule has 0 aromatic carbocycles. The predicted octanol–water partition coefficient (Wildman–Crippen LogP) is 2.41. The van der Waals surface area contributed by atoms with E-state index in [9.17, 15) is 5.11 Å². The van der Waals surface area contributed by atoms with Gasteiger partial charge in [-0.25, -0.2) is 0 Å². The molecule has 1 heterocycles. The number of hydrogen-bond acceptors (Lipinski definition) is 1. The molecule has 0 fully saturated rings. The van der Waals surface area contributed by atoms with Gasteiger partial charge in [0.25, 0.3) is 0 Å². The number of rotatable bonds is 1. The molecule has 2 N–H and O–H groups in total. The molecule has 2 rings (SSSR count). The second-order valence-corrected chi connectivity index (χ2v) is 2.61. The summed E-state index contributed by atoms with van der Waals surface area (Å²) >= 11 is 0. The fourth-order valence-corrected chi connectivity index (χ4v) is 1.17. The Bertz CT molecular complexity index is 341. The van der Waals surface area contributed by atoms with Gasteiger partial charge in [0, 0.05) is 11.8 Å². The first-order valence-corrected chi connectivity index (χ1v) is 3.79. The third kappa shape index (κ3) is 1.07. The number of hydrogen-bond donors (Lipinski definition) is 2.